The third-order valence-electron chi connectivity index (χ3n) is 5.98. The summed E-state index contributed by atoms with van der Waals surface area (Å²) < 4.78 is 46.5. The molecule has 35 heavy (non-hydrogen) atoms. The molecular formula is C27H27FN2O4S. The molecule has 0 unspecified atom stereocenters. The Balaban J connectivity index is 1.70. The van der Waals surface area contributed by atoms with Crippen LogP contribution in [0.3, 0.4) is 0 Å². The maximum atomic E-state index is 13.6. The van der Waals surface area contributed by atoms with Crippen LogP contribution in [0, 0.1) is 12.7 Å². The number of amides is 1. The number of ether oxygens (including phenoxy) is 1. The minimum absolute atomic E-state index is 0.0684. The molecule has 0 radical (unpaired) electrons. The second-order valence-corrected chi connectivity index (χ2v) is 10.3. The van der Waals surface area contributed by atoms with E-state index in [1.54, 1.807) is 54.5 Å². The van der Waals surface area contributed by atoms with E-state index < -0.39 is 16.1 Å². The van der Waals surface area contributed by atoms with E-state index in [0.717, 1.165) is 16.7 Å². The van der Waals surface area contributed by atoms with Crippen molar-refractivity contribution in [2.24, 2.45) is 0 Å². The molecule has 1 aliphatic heterocycles. The molecule has 182 valence electrons. The van der Waals surface area contributed by atoms with Gasteiger partial charge in [0.25, 0.3) is 0 Å². The molecule has 3 aromatic carbocycles. The van der Waals surface area contributed by atoms with Crippen LogP contribution < -0.4 is 4.74 Å². The smallest absolute Gasteiger partial charge is 0.243 e. The summed E-state index contributed by atoms with van der Waals surface area (Å²) in [6, 6.07) is 19.4. The van der Waals surface area contributed by atoms with Crippen LogP contribution in [0.25, 0.3) is 0 Å². The van der Waals surface area contributed by atoms with E-state index in [4.69, 9.17) is 4.74 Å². The van der Waals surface area contributed by atoms with Gasteiger partial charge in [-0.1, -0.05) is 54.1 Å². The molecule has 4 rings (SSSR count). The first-order valence-electron chi connectivity index (χ1n) is 11.2. The summed E-state index contributed by atoms with van der Waals surface area (Å²) in [7, 11) is -2.29. The lowest BCUT2D eigenvalue weighted by Gasteiger charge is -2.34. The van der Waals surface area contributed by atoms with Crippen molar-refractivity contribution in [1.82, 2.24) is 9.21 Å². The Hall–Kier alpha value is -3.49. The summed E-state index contributed by atoms with van der Waals surface area (Å²) in [6.45, 7) is 1.83. The van der Waals surface area contributed by atoms with Crippen molar-refractivity contribution in [1.29, 1.82) is 0 Å². The lowest BCUT2D eigenvalue weighted by atomic mass is 10.0. The third-order valence-corrected chi connectivity index (χ3v) is 7.80. The summed E-state index contributed by atoms with van der Waals surface area (Å²) in [5.41, 5.74) is 2.54. The van der Waals surface area contributed by atoms with E-state index in [2.05, 4.69) is 0 Å². The van der Waals surface area contributed by atoms with Crippen molar-refractivity contribution in [3.05, 3.63) is 107 Å². The number of aryl methyl sites for hydroxylation is 1. The van der Waals surface area contributed by atoms with Crippen LogP contribution in [0.2, 0.25) is 0 Å². The first kappa shape index (κ1) is 24.6. The van der Waals surface area contributed by atoms with Crippen LogP contribution in [-0.4, -0.2) is 43.7 Å². The second-order valence-electron chi connectivity index (χ2n) is 8.40. The van der Waals surface area contributed by atoms with Gasteiger partial charge in [0.1, 0.15) is 11.6 Å². The van der Waals surface area contributed by atoms with E-state index in [1.807, 2.05) is 37.3 Å². The SMILES string of the molecule is COc1ccc([C@H]2/C=C\CN(S(=O)(=O)c3ccc(C)cc3)CC(=O)N2Cc2ccc(F)cc2)cc1. The second kappa shape index (κ2) is 10.4. The molecule has 0 saturated carbocycles. The first-order chi connectivity index (χ1) is 16.8. The van der Waals surface area contributed by atoms with Crippen molar-refractivity contribution in [3.8, 4) is 5.75 Å². The lowest BCUT2D eigenvalue weighted by Crippen LogP contribution is -2.45. The van der Waals surface area contributed by atoms with Gasteiger partial charge in [0.05, 0.1) is 24.6 Å². The number of carbonyl (C=O) groups excluding carboxylic acids is 1. The number of halogens is 1. The zero-order chi connectivity index (χ0) is 25.0. The van der Waals surface area contributed by atoms with Gasteiger partial charge >= 0.3 is 0 Å². The number of carbonyl (C=O) groups is 1. The van der Waals surface area contributed by atoms with Crippen molar-refractivity contribution < 1.29 is 22.3 Å². The molecule has 0 N–H and O–H groups in total. The number of sulfonamides is 1. The molecule has 0 aromatic heterocycles. The van der Waals surface area contributed by atoms with E-state index >= 15 is 0 Å². The number of hydrogen-bond donors (Lipinski definition) is 0. The highest BCUT2D eigenvalue weighted by molar-refractivity contribution is 7.89. The molecule has 0 spiro atoms. The minimum Gasteiger partial charge on any atom is -0.497 e. The van der Waals surface area contributed by atoms with Crippen LogP contribution in [-0.2, 0) is 21.4 Å². The van der Waals surface area contributed by atoms with Gasteiger partial charge in [0.15, 0.2) is 0 Å². The molecule has 1 aliphatic rings. The largest absolute Gasteiger partial charge is 0.497 e. The third kappa shape index (κ3) is 5.61. The summed E-state index contributed by atoms with van der Waals surface area (Å²) in [6.07, 6.45) is 3.60. The van der Waals surface area contributed by atoms with Crippen molar-refractivity contribution >= 4 is 15.9 Å². The number of nitrogens with zero attached hydrogens (tertiary/aromatic N) is 2. The predicted octanol–water partition coefficient (Wildman–Crippen LogP) is 4.47. The average Bonchev–Trinajstić information content (AvgIpc) is 2.85. The highest BCUT2D eigenvalue weighted by Crippen LogP contribution is 2.29. The monoisotopic (exact) mass is 494 g/mol. The Bertz CT molecular complexity index is 1300. The quantitative estimate of drug-likeness (QED) is 0.474. The molecule has 3 aromatic rings. The minimum atomic E-state index is -3.88. The highest BCUT2D eigenvalue weighted by Gasteiger charge is 2.32. The highest BCUT2D eigenvalue weighted by atomic mass is 32.2. The molecule has 0 aliphatic carbocycles. The topological polar surface area (TPSA) is 66.9 Å². The fourth-order valence-electron chi connectivity index (χ4n) is 3.98. The summed E-state index contributed by atoms with van der Waals surface area (Å²) in [5, 5.41) is 0. The Morgan fingerprint density at radius 3 is 2.26 bits per heavy atom. The van der Waals surface area contributed by atoms with Crippen LogP contribution in [0.4, 0.5) is 4.39 Å². The summed E-state index contributed by atoms with van der Waals surface area (Å²) >= 11 is 0. The molecular weight excluding hydrogens is 467 g/mol. The lowest BCUT2D eigenvalue weighted by molar-refractivity contribution is -0.133. The maximum absolute atomic E-state index is 13.6. The Morgan fingerprint density at radius 2 is 1.63 bits per heavy atom. The first-order valence-corrected chi connectivity index (χ1v) is 12.6. The van der Waals surface area contributed by atoms with Gasteiger partial charge in [-0.2, -0.15) is 4.31 Å². The average molecular weight is 495 g/mol. The zero-order valence-corrected chi connectivity index (χ0v) is 20.4. The van der Waals surface area contributed by atoms with Crippen LogP contribution in [0.5, 0.6) is 5.75 Å². The fraction of sp³-hybridized carbons (Fsp3) is 0.222. The van der Waals surface area contributed by atoms with Crippen molar-refractivity contribution in [2.75, 3.05) is 20.2 Å². The summed E-state index contributed by atoms with van der Waals surface area (Å²) in [5.74, 6) is -0.0276. The van der Waals surface area contributed by atoms with E-state index in [1.165, 1.54) is 16.4 Å². The van der Waals surface area contributed by atoms with Crippen molar-refractivity contribution in [3.63, 3.8) is 0 Å². The van der Waals surface area contributed by atoms with E-state index in [-0.39, 0.29) is 36.3 Å². The number of rotatable bonds is 6. The Labute approximate surface area is 205 Å². The summed E-state index contributed by atoms with van der Waals surface area (Å²) in [4.78, 5) is 15.3. The standard InChI is InChI=1S/C27H27FN2O4S/c1-20-5-15-25(16-6-20)35(32,33)29-17-3-4-26(22-9-13-24(34-2)14-10-22)30(27(31)19-29)18-21-7-11-23(28)12-8-21/h3-16,26H,17-19H2,1-2H3/b4-3-/t26-/m1/s1. The van der Waals surface area contributed by atoms with Crippen LogP contribution >= 0.6 is 0 Å². The molecule has 0 fully saturated rings. The van der Waals surface area contributed by atoms with Gasteiger partial charge in [0, 0.05) is 13.1 Å². The molecule has 6 nitrogen and oxygen atoms in total. The van der Waals surface area contributed by atoms with Crippen molar-refractivity contribution in [2.45, 2.75) is 24.4 Å². The molecule has 1 amide bonds. The molecule has 8 heteroatoms. The number of methoxy groups -OCH3 is 1. The van der Waals surface area contributed by atoms with Crippen LogP contribution in [0.15, 0.2) is 89.8 Å². The molecule has 1 atom stereocenters. The molecule has 0 saturated heterocycles. The molecule has 1 heterocycles. The fourth-order valence-corrected chi connectivity index (χ4v) is 5.32. The van der Waals surface area contributed by atoms with Crippen LogP contribution in [0.1, 0.15) is 22.7 Å². The number of benzene rings is 3. The van der Waals surface area contributed by atoms with Gasteiger partial charge in [-0.3, -0.25) is 4.79 Å². The van der Waals surface area contributed by atoms with Gasteiger partial charge in [-0.25, -0.2) is 12.8 Å². The predicted molar refractivity (Wildman–Crippen MR) is 132 cm³/mol. The Morgan fingerprint density at radius 1 is 0.971 bits per heavy atom. The van der Waals surface area contributed by atoms with Gasteiger partial charge < -0.3 is 9.64 Å². The molecule has 0 bridgehead atoms. The normalized spacial score (nSPS) is 18.1. The van der Waals surface area contributed by atoms with E-state index in [0.29, 0.717) is 5.75 Å². The van der Waals surface area contributed by atoms with Gasteiger partial charge in [0.2, 0.25) is 15.9 Å². The van der Waals surface area contributed by atoms with E-state index in [9.17, 15) is 17.6 Å². The van der Waals surface area contributed by atoms with Gasteiger partial charge in [-0.05, 0) is 54.4 Å². The maximum Gasteiger partial charge on any atom is 0.243 e. The zero-order valence-electron chi connectivity index (χ0n) is 19.6. The number of hydrogen-bond acceptors (Lipinski definition) is 4. The Kier molecular flexibility index (Phi) is 7.33. The van der Waals surface area contributed by atoms with Gasteiger partial charge in [-0.15, -0.1) is 0 Å².